The summed E-state index contributed by atoms with van der Waals surface area (Å²) in [6, 6.07) is 0.271. The molecule has 28 heavy (non-hydrogen) atoms. The fourth-order valence-electron chi connectivity index (χ4n) is 4.53. The Morgan fingerprint density at radius 2 is 2.14 bits per heavy atom. The monoisotopic (exact) mass is 409 g/mol. The lowest BCUT2D eigenvalue weighted by atomic mass is 10.1. The quantitative estimate of drug-likeness (QED) is 0.706. The van der Waals surface area contributed by atoms with E-state index in [1.807, 2.05) is 6.92 Å². The molecule has 0 bridgehead atoms. The lowest BCUT2D eigenvalue weighted by Crippen LogP contribution is -2.38. The van der Waals surface area contributed by atoms with E-state index in [2.05, 4.69) is 28.8 Å². The summed E-state index contributed by atoms with van der Waals surface area (Å²) in [4.78, 5) is 24.2. The zero-order valence-electron chi connectivity index (χ0n) is 16.7. The van der Waals surface area contributed by atoms with Crippen LogP contribution in [0.5, 0.6) is 5.88 Å². The average molecular weight is 410 g/mol. The summed E-state index contributed by atoms with van der Waals surface area (Å²) in [5.41, 5.74) is 1.04. The van der Waals surface area contributed by atoms with Crippen LogP contribution in [-0.2, 0) is 11.3 Å². The molecule has 2 fully saturated rings. The number of hydrogen-bond acceptors (Lipinski definition) is 6. The molecule has 0 unspecified atom stereocenters. The second-order valence-electron chi connectivity index (χ2n) is 7.75. The second kappa shape index (κ2) is 8.00. The van der Waals surface area contributed by atoms with Crippen molar-refractivity contribution in [2.45, 2.75) is 64.3 Å². The number of likely N-dealkylation sites (tertiary alicyclic amines) is 1. The predicted octanol–water partition coefficient (Wildman–Crippen LogP) is 2.48. The number of imidazole rings is 1. The van der Waals surface area contributed by atoms with Gasteiger partial charge in [0.2, 0.25) is 11.2 Å². The molecule has 3 atom stereocenters. The number of hydrogen-bond donors (Lipinski definition) is 0. The van der Waals surface area contributed by atoms with Crippen molar-refractivity contribution in [1.29, 1.82) is 0 Å². The number of ether oxygens (including phenoxy) is 2. The van der Waals surface area contributed by atoms with Crippen molar-refractivity contribution in [3.8, 4) is 5.88 Å². The summed E-state index contributed by atoms with van der Waals surface area (Å²) in [7, 11) is 2.11. The van der Waals surface area contributed by atoms with Crippen molar-refractivity contribution in [2.24, 2.45) is 0 Å². The maximum Gasteiger partial charge on any atom is 0.330 e. The van der Waals surface area contributed by atoms with Gasteiger partial charge >= 0.3 is 5.69 Å². The third-order valence-electron chi connectivity index (χ3n) is 5.98. The topological polar surface area (TPSA) is 74.4 Å². The molecule has 154 valence electrons. The van der Waals surface area contributed by atoms with Crippen LogP contribution >= 0.6 is 11.6 Å². The van der Waals surface area contributed by atoms with Gasteiger partial charge < -0.3 is 9.47 Å². The van der Waals surface area contributed by atoms with Gasteiger partial charge in [0, 0.05) is 19.2 Å². The highest BCUT2D eigenvalue weighted by Gasteiger charge is 2.31. The van der Waals surface area contributed by atoms with Crippen molar-refractivity contribution >= 4 is 22.8 Å². The van der Waals surface area contributed by atoms with Crippen LogP contribution in [-0.4, -0.2) is 63.0 Å². The molecule has 2 aliphatic heterocycles. The van der Waals surface area contributed by atoms with Crippen LogP contribution in [0.25, 0.3) is 11.2 Å². The number of aromatic nitrogens is 4. The fraction of sp³-hybridized carbons (Fsp3) is 0.737. The van der Waals surface area contributed by atoms with Gasteiger partial charge in [-0.2, -0.15) is 9.97 Å². The van der Waals surface area contributed by atoms with Gasteiger partial charge in [-0.15, -0.1) is 0 Å². The Morgan fingerprint density at radius 3 is 2.79 bits per heavy atom. The SMILES string of the molecule is CCn1c(=O)n([C@@H]2CCCOC2)c2nc(Cl)nc(O[C@@H](C)[C@@H]3CCCN3C)c21. The molecule has 2 saturated heterocycles. The van der Waals surface area contributed by atoms with Crippen LogP contribution in [0.3, 0.4) is 0 Å². The van der Waals surface area contributed by atoms with Crippen LogP contribution in [0, 0.1) is 0 Å². The zero-order chi connectivity index (χ0) is 19.8. The maximum atomic E-state index is 13.2. The maximum absolute atomic E-state index is 13.2. The predicted molar refractivity (Wildman–Crippen MR) is 107 cm³/mol. The molecule has 4 rings (SSSR count). The first-order valence-electron chi connectivity index (χ1n) is 10.1. The van der Waals surface area contributed by atoms with Crippen molar-refractivity contribution in [3.63, 3.8) is 0 Å². The minimum Gasteiger partial charge on any atom is -0.471 e. The smallest absolute Gasteiger partial charge is 0.330 e. The molecule has 4 heterocycles. The average Bonchev–Trinajstić information content (AvgIpc) is 3.22. The van der Waals surface area contributed by atoms with E-state index in [1.165, 1.54) is 0 Å². The van der Waals surface area contributed by atoms with E-state index < -0.39 is 0 Å². The van der Waals surface area contributed by atoms with Gasteiger partial charge in [-0.3, -0.25) is 14.0 Å². The van der Waals surface area contributed by atoms with Crippen molar-refractivity contribution in [1.82, 2.24) is 24.0 Å². The lowest BCUT2D eigenvalue weighted by molar-refractivity contribution is 0.0590. The van der Waals surface area contributed by atoms with Gasteiger partial charge in [0.25, 0.3) is 0 Å². The molecule has 2 aliphatic rings. The summed E-state index contributed by atoms with van der Waals surface area (Å²) in [5.74, 6) is 0.386. The van der Waals surface area contributed by atoms with Crippen molar-refractivity contribution < 1.29 is 9.47 Å². The Balaban J connectivity index is 1.79. The largest absolute Gasteiger partial charge is 0.471 e. The molecule has 0 N–H and O–H groups in total. The third kappa shape index (κ3) is 3.42. The number of nitrogens with zero attached hydrogens (tertiary/aromatic N) is 5. The molecule has 9 heteroatoms. The highest BCUT2D eigenvalue weighted by Crippen LogP contribution is 2.30. The first-order valence-corrected chi connectivity index (χ1v) is 10.5. The standard InChI is InChI=1S/C19H28ClN5O3/c1-4-24-15-16(25(19(24)26)13-7-6-10-27-11-13)21-18(20)22-17(15)28-12(2)14-8-5-9-23(14)3/h12-14H,4-11H2,1-3H3/t12-,13+,14-/m0/s1. The summed E-state index contributed by atoms with van der Waals surface area (Å²) < 4.78 is 15.3. The highest BCUT2D eigenvalue weighted by atomic mass is 35.5. The van der Waals surface area contributed by atoms with Gasteiger partial charge in [-0.05, 0) is 64.7 Å². The van der Waals surface area contributed by atoms with Crippen LogP contribution in [0.2, 0.25) is 5.28 Å². The van der Waals surface area contributed by atoms with E-state index in [0.717, 1.165) is 38.8 Å². The molecule has 0 radical (unpaired) electrons. The van der Waals surface area contributed by atoms with E-state index >= 15 is 0 Å². The Kier molecular flexibility index (Phi) is 5.62. The van der Waals surface area contributed by atoms with Gasteiger partial charge in [-0.1, -0.05) is 0 Å². The number of likely N-dealkylation sites (N-methyl/N-ethyl adjacent to an activating group) is 1. The van der Waals surface area contributed by atoms with E-state index in [4.69, 9.17) is 21.1 Å². The number of fused-ring (bicyclic) bond motifs is 1. The molecule has 0 aromatic carbocycles. The van der Waals surface area contributed by atoms with Crippen LogP contribution in [0.15, 0.2) is 4.79 Å². The van der Waals surface area contributed by atoms with Gasteiger partial charge in [0.1, 0.15) is 6.10 Å². The summed E-state index contributed by atoms with van der Waals surface area (Å²) in [6.45, 7) is 6.80. The van der Waals surface area contributed by atoms with Crippen LogP contribution < -0.4 is 10.4 Å². The Labute approximate surface area is 169 Å². The minimum absolute atomic E-state index is 0.0474. The summed E-state index contributed by atoms with van der Waals surface area (Å²) >= 11 is 6.24. The van der Waals surface area contributed by atoms with E-state index in [-0.39, 0.29) is 23.1 Å². The third-order valence-corrected chi connectivity index (χ3v) is 6.14. The molecule has 0 amide bonds. The number of halogens is 1. The molecule has 8 nitrogen and oxygen atoms in total. The molecule has 0 saturated carbocycles. The first kappa shape index (κ1) is 19.7. The van der Waals surface area contributed by atoms with E-state index in [1.54, 1.807) is 9.13 Å². The normalized spacial score (nSPS) is 24.7. The fourth-order valence-corrected chi connectivity index (χ4v) is 4.69. The van der Waals surface area contributed by atoms with Crippen molar-refractivity contribution in [3.05, 3.63) is 15.8 Å². The minimum atomic E-state index is -0.111. The van der Waals surface area contributed by atoms with Gasteiger partial charge in [0.05, 0.1) is 12.6 Å². The van der Waals surface area contributed by atoms with Gasteiger partial charge in [0.15, 0.2) is 11.2 Å². The Bertz CT molecular complexity index is 905. The summed E-state index contributed by atoms with van der Waals surface area (Å²) in [5, 5.41) is 0.0909. The zero-order valence-corrected chi connectivity index (χ0v) is 17.5. The summed E-state index contributed by atoms with van der Waals surface area (Å²) in [6.07, 6.45) is 3.98. The number of aryl methyl sites for hydroxylation is 1. The molecule has 0 spiro atoms. The Hall–Kier alpha value is -1.64. The number of rotatable bonds is 5. The Morgan fingerprint density at radius 1 is 1.32 bits per heavy atom. The van der Waals surface area contributed by atoms with Crippen molar-refractivity contribution in [2.75, 3.05) is 26.8 Å². The lowest BCUT2D eigenvalue weighted by Gasteiger charge is -2.26. The van der Waals surface area contributed by atoms with E-state index in [0.29, 0.717) is 36.2 Å². The highest BCUT2D eigenvalue weighted by molar-refractivity contribution is 6.28. The molecule has 2 aromatic rings. The van der Waals surface area contributed by atoms with Gasteiger partial charge in [-0.25, -0.2) is 4.79 Å². The molecular weight excluding hydrogens is 382 g/mol. The first-order chi connectivity index (χ1) is 13.5. The van der Waals surface area contributed by atoms with Crippen LogP contribution in [0.1, 0.15) is 45.6 Å². The molecule has 0 aliphatic carbocycles. The molecule has 2 aromatic heterocycles. The van der Waals surface area contributed by atoms with E-state index in [9.17, 15) is 4.79 Å². The van der Waals surface area contributed by atoms with Crippen LogP contribution in [0.4, 0.5) is 0 Å². The molecular formula is C19H28ClN5O3. The second-order valence-corrected chi connectivity index (χ2v) is 8.09.